The van der Waals surface area contributed by atoms with E-state index in [0.29, 0.717) is 0 Å². The van der Waals surface area contributed by atoms with Crippen molar-refractivity contribution in [3.8, 4) is 0 Å². The Bertz CT molecular complexity index is 455. The molecule has 6 nitrogen and oxygen atoms in total. The van der Waals surface area contributed by atoms with Gasteiger partial charge in [-0.3, -0.25) is 4.55 Å². The first kappa shape index (κ1) is 10.7. The molecule has 1 aromatic heterocycles. The SMILES string of the molecule is CCc1c(C(=O)O)coc1S(=O)(=O)O. The fourth-order valence-corrected chi connectivity index (χ4v) is 1.83. The molecule has 0 saturated heterocycles. The van der Waals surface area contributed by atoms with Gasteiger partial charge in [-0.25, -0.2) is 4.79 Å². The van der Waals surface area contributed by atoms with E-state index in [1.54, 1.807) is 6.92 Å². The van der Waals surface area contributed by atoms with Crippen LogP contribution in [0.5, 0.6) is 0 Å². The van der Waals surface area contributed by atoms with Crippen molar-refractivity contribution >= 4 is 16.1 Å². The Morgan fingerprint density at radius 2 is 2.14 bits per heavy atom. The van der Waals surface area contributed by atoms with Crippen LogP contribution in [0.25, 0.3) is 0 Å². The first-order chi connectivity index (χ1) is 6.38. The van der Waals surface area contributed by atoms with Gasteiger partial charge in [0.15, 0.2) is 0 Å². The minimum atomic E-state index is -4.49. The Morgan fingerprint density at radius 3 is 2.50 bits per heavy atom. The molecule has 0 bridgehead atoms. The van der Waals surface area contributed by atoms with E-state index < -0.39 is 21.2 Å². The number of hydrogen-bond acceptors (Lipinski definition) is 4. The van der Waals surface area contributed by atoms with Crippen molar-refractivity contribution in [2.24, 2.45) is 0 Å². The van der Waals surface area contributed by atoms with E-state index >= 15 is 0 Å². The van der Waals surface area contributed by atoms with Gasteiger partial charge in [-0.2, -0.15) is 8.42 Å². The summed E-state index contributed by atoms with van der Waals surface area (Å²) in [6.07, 6.45) is 0.942. The highest BCUT2D eigenvalue weighted by Crippen LogP contribution is 2.22. The number of carboxylic acids is 1. The molecule has 0 aliphatic heterocycles. The average Bonchev–Trinajstić information content (AvgIpc) is 2.45. The molecule has 0 radical (unpaired) electrons. The Kier molecular flexibility index (Phi) is 2.63. The van der Waals surface area contributed by atoms with Gasteiger partial charge in [0.2, 0.25) is 5.09 Å². The molecule has 7 heteroatoms. The Labute approximate surface area is 79.9 Å². The summed E-state index contributed by atoms with van der Waals surface area (Å²) in [4.78, 5) is 10.6. The predicted molar refractivity (Wildman–Crippen MR) is 44.9 cm³/mol. The second kappa shape index (κ2) is 3.43. The van der Waals surface area contributed by atoms with Gasteiger partial charge in [0.05, 0.1) is 0 Å². The number of rotatable bonds is 3. The predicted octanol–water partition coefficient (Wildman–Crippen LogP) is 0.787. The van der Waals surface area contributed by atoms with Gasteiger partial charge in [0, 0.05) is 5.56 Å². The van der Waals surface area contributed by atoms with E-state index in [0.717, 1.165) is 6.26 Å². The van der Waals surface area contributed by atoms with E-state index in [1.807, 2.05) is 0 Å². The smallest absolute Gasteiger partial charge is 0.339 e. The summed E-state index contributed by atoms with van der Waals surface area (Å²) in [5, 5.41) is 7.94. The molecule has 0 aliphatic carbocycles. The van der Waals surface area contributed by atoms with Gasteiger partial charge >= 0.3 is 16.1 Å². The fourth-order valence-electron chi connectivity index (χ4n) is 1.10. The fraction of sp³-hybridized carbons (Fsp3) is 0.286. The zero-order valence-electron chi connectivity index (χ0n) is 7.22. The molecule has 0 unspecified atom stereocenters. The third-order valence-electron chi connectivity index (χ3n) is 1.67. The maximum atomic E-state index is 10.7. The van der Waals surface area contributed by atoms with Crippen molar-refractivity contribution in [3.63, 3.8) is 0 Å². The van der Waals surface area contributed by atoms with Crippen LogP contribution in [-0.2, 0) is 16.5 Å². The normalized spacial score (nSPS) is 11.6. The van der Waals surface area contributed by atoms with Crippen molar-refractivity contribution in [1.82, 2.24) is 0 Å². The molecule has 1 aromatic rings. The number of hydrogen-bond donors (Lipinski definition) is 2. The van der Waals surface area contributed by atoms with Crippen LogP contribution in [0.15, 0.2) is 15.8 Å². The van der Waals surface area contributed by atoms with Crippen molar-refractivity contribution in [2.75, 3.05) is 0 Å². The van der Waals surface area contributed by atoms with Gasteiger partial charge in [0.1, 0.15) is 11.8 Å². The van der Waals surface area contributed by atoms with Crippen LogP contribution in [0.1, 0.15) is 22.8 Å². The molecule has 0 atom stereocenters. The van der Waals surface area contributed by atoms with Crippen molar-refractivity contribution in [2.45, 2.75) is 18.4 Å². The first-order valence-electron chi connectivity index (χ1n) is 3.69. The Balaban J connectivity index is 3.43. The van der Waals surface area contributed by atoms with Gasteiger partial charge < -0.3 is 9.52 Å². The van der Waals surface area contributed by atoms with E-state index in [2.05, 4.69) is 4.42 Å². The third kappa shape index (κ3) is 1.78. The summed E-state index contributed by atoms with van der Waals surface area (Å²) in [5.74, 6) is -1.29. The van der Waals surface area contributed by atoms with E-state index in [-0.39, 0.29) is 17.5 Å². The standard InChI is InChI=1S/C7H8O6S/c1-2-4-5(6(8)9)3-13-7(4)14(10,11)12/h3H,2H2,1H3,(H,8,9)(H,10,11,12). The number of aromatic carboxylic acids is 1. The summed E-state index contributed by atoms with van der Waals surface area (Å²) < 4.78 is 34.6. The number of furan rings is 1. The number of carbonyl (C=O) groups is 1. The summed E-state index contributed by atoms with van der Waals surface area (Å²) in [5.41, 5.74) is -0.278. The monoisotopic (exact) mass is 220 g/mol. The molecule has 0 fully saturated rings. The zero-order valence-corrected chi connectivity index (χ0v) is 8.04. The topological polar surface area (TPSA) is 105 Å². The highest BCUT2D eigenvalue weighted by molar-refractivity contribution is 7.85. The molecule has 14 heavy (non-hydrogen) atoms. The molecule has 1 heterocycles. The quantitative estimate of drug-likeness (QED) is 0.729. The van der Waals surface area contributed by atoms with E-state index in [4.69, 9.17) is 9.66 Å². The van der Waals surface area contributed by atoms with Crippen LogP contribution in [0.4, 0.5) is 0 Å². The zero-order chi connectivity index (χ0) is 10.9. The van der Waals surface area contributed by atoms with Crippen molar-refractivity contribution in [3.05, 3.63) is 17.4 Å². The molecule has 0 spiro atoms. The highest BCUT2D eigenvalue weighted by Gasteiger charge is 2.25. The molecule has 0 aliphatic rings. The van der Waals surface area contributed by atoms with Crippen LogP contribution < -0.4 is 0 Å². The highest BCUT2D eigenvalue weighted by atomic mass is 32.2. The molecule has 2 N–H and O–H groups in total. The molecular weight excluding hydrogens is 212 g/mol. The van der Waals surface area contributed by atoms with Gasteiger partial charge in [-0.1, -0.05) is 6.92 Å². The van der Waals surface area contributed by atoms with E-state index in [9.17, 15) is 13.2 Å². The largest absolute Gasteiger partial charge is 0.478 e. The van der Waals surface area contributed by atoms with E-state index in [1.165, 1.54) is 0 Å². The molecule has 0 saturated carbocycles. The van der Waals surface area contributed by atoms with Crippen LogP contribution in [0, 0.1) is 0 Å². The minimum Gasteiger partial charge on any atom is -0.478 e. The lowest BCUT2D eigenvalue weighted by molar-refractivity contribution is 0.0695. The summed E-state index contributed by atoms with van der Waals surface area (Å²) >= 11 is 0. The molecule has 0 aromatic carbocycles. The second-order valence-electron chi connectivity index (χ2n) is 2.55. The molecule has 0 amide bonds. The number of carboxylic acid groups (broad SMARTS) is 1. The summed E-state index contributed by atoms with van der Waals surface area (Å²) in [7, 11) is -4.49. The van der Waals surface area contributed by atoms with Gasteiger partial charge in [-0.05, 0) is 6.42 Å². The lowest BCUT2D eigenvalue weighted by Gasteiger charge is -1.96. The van der Waals surface area contributed by atoms with Crippen molar-refractivity contribution in [1.29, 1.82) is 0 Å². The Morgan fingerprint density at radius 1 is 1.57 bits per heavy atom. The average molecular weight is 220 g/mol. The second-order valence-corrected chi connectivity index (χ2v) is 3.87. The van der Waals surface area contributed by atoms with Gasteiger partial charge in [0.25, 0.3) is 0 Å². The minimum absolute atomic E-state index is 0.0278. The first-order valence-corrected chi connectivity index (χ1v) is 5.13. The maximum Gasteiger partial charge on any atom is 0.339 e. The van der Waals surface area contributed by atoms with Crippen LogP contribution in [-0.4, -0.2) is 24.0 Å². The lowest BCUT2D eigenvalue weighted by atomic mass is 10.1. The summed E-state index contributed by atoms with van der Waals surface area (Å²) in [6.45, 7) is 1.56. The third-order valence-corrected chi connectivity index (χ3v) is 2.48. The molecular formula is C7H8O6S. The van der Waals surface area contributed by atoms with Crippen LogP contribution in [0.3, 0.4) is 0 Å². The maximum absolute atomic E-state index is 10.7. The molecule has 1 rings (SSSR count). The van der Waals surface area contributed by atoms with Gasteiger partial charge in [-0.15, -0.1) is 0 Å². The molecule has 78 valence electrons. The summed E-state index contributed by atoms with van der Waals surface area (Å²) in [6, 6.07) is 0. The lowest BCUT2D eigenvalue weighted by Crippen LogP contribution is -2.03. The Hall–Kier alpha value is -1.34. The van der Waals surface area contributed by atoms with Crippen molar-refractivity contribution < 1.29 is 27.3 Å². The van der Waals surface area contributed by atoms with Crippen LogP contribution in [0.2, 0.25) is 0 Å². The van der Waals surface area contributed by atoms with Crippen LogP contribution >= 0.6 is 0 Å².